The van der Waals surface area contributed by atoms with Crippen LogP contribution in [0.5, 0.6) is 5.75 Å². The highest BCUT2D eigenvalue weighted by molar-refractivity contribution is 9.11. The number of esters is 2. The van der Waals surface area contributed by atoms with Crippen LogP contribution in [0, 0.1) is 11.7 Å². The average molecular weight is 631 g/mol. The quantitative estimate of drug-likeness (QED) is 0.183. The molecule has 1 aliphatic rings. The third kappa shape index (κ3) is 5.15. The van der Waals surface area contributed by atoms with Crippen LogP contribution in [-0.2, 0) is 25.7 Å². The number of fused-ring (bicyclic) bond motifs is 1. The van der Waals surface area contributed by atoms with Gasteiger partial charge >= 0.3 is 11.9 Å². The first-order chi connectivity index (χ1) is 17.6. The van der Waals surface area contributed by atoms with E-state index in [-0.39, 0.29) is 12.4 Å². The Kier molecular flexibility index (Phi) is 6.85. The molecular formula is C28H22Br2FNO5. The van der Waals surface area contributed by atoms with Crippen LogP contribution in [0.25, 0.3) is 10.9 Å². The summed E-state index contributed by atoms with van der Waals surface area (Å²) < 4.78 is 31.4. The van der Waals surface area contributed by atoms with Crippen molar-refractivity contribution in [1.82, 2.24) is 4.98 Å². The van der Waals surface area contributed by atoms with Crippen LogP contribution in [0.15, 0.2) is 75.8 Å². The summed E-state index contributed by atoms with van der Waals surface area (Å²) in [5.41, 5.74) is 3.11. The Morgan fingerprint density at radius 2 is 1.62 bits per heavy atom. The summed E-state index contributed by atoms with van der Waals surface area (Å²) in [6.45, 7) is 3.28. The Hall–Kier alpha value is -3.17. The van der Waals surface area contributed by atoms with Gasteiger partial charge in [-0.25, -0.2) is 4.39 Å². The molecule has 1 atom stereocenters. The molecule has 0 unspecified atom stereocenters. The van der Waals surface area contributed by atoms with Gasteiger partial charge in [0.1, 0.15) is 18.2 Å². The number of carbonyl (C=O) groups excluding carboxylic acids is 2. The van der Waals surface area contributed by atoms with Gasteiger partial charge in [-0.15, -0.1) is 0 Å². The molecule has 9 heteroatoms. The zero-order valence-electron chi connectivity index (χ0n) is 19.9. The Morgan fingerprint density at radius 3 is 2.27 bits per heavy atom. The second-order valence-corrected chi connectivity index (χ2v) is 10.9. The monoisotopic (exact) mass is 629 g/mol. The Labute approximate surface area is 229 Å². The predicted molar refractivity (Wildman–Crippen MR) is 142 cm³/mol. The first-order valence-electron chi connectivity index (χ1n) is 11.5. The predicted octanol–water partition coefficient (Wildman–Crippen LogP) is 7.00. The highest BCUT2D eigenvalue weighted by Crippen LogP contribution is 2.44. The maximum atomic E-state index is 13.2. The van der Waals surface area contributed by atoms with Gasteiger partial charge in [0.2, 0.25) is 0 Å². The lowest BCUT2D eigenvalue weighted by Crippen LogP contribution is -2.48. The zero-order valence-corrected chi connectivity index (χ0v) is 23.1. The smallest absolute Gasteiger partial charge is 0.324 e. The molecule has 190 valence electrons. The van der Waals surface area contributed by atoms with Gasteiger partial charge in [-0.05, 0) is 78.9 Å². The average Bonchev–Trinajstić information content (AvgIpc) is 3.25. The molecule has 5 rings (SSSR count). The second kappa shape index (κ2) is 9.95. The van der Waals surface area contributed by atoms with Gasteiger partial charge in [0.15, 0.2) is 5.92 Å². The number of carbonyl (C=O) groups is 2. The van der Waals surface area contributed by atoms with Gasteiger partial charge in [-0.2, -0.15) is 0 Å². The lowest BCUT2D eigenvalue weighted by atomic mass is 9.80. The molecule has 1 N–H and O–H groups in total. The van der Waals surface area contributed by atoms with Crippen LogP contribution in [0.1, 0.15) is 36.5 Å². The molecule has 37 heavy (non-hydrogen) atoms. The van der Waals surface area contributed by atoms with Crippen molar-refractivity contribution in [2.24, 2.45) is 5.92 Å². The Bertz CT molecular complexity index is 1460. The molecule has 6 nitrogen and oxygen atoms in total. The number of aromatic amines is 1. The summed E-state index contributed by atoms with van der Waals surface area (Å²) in [6.07, 6.45) is 1.80. The largest absolute Gasteiger partial charge is 0.487 e. The number of aromatic nitrogens is 1. The topological polar surface area (TPSA) is 77.6 Å². The van der Waals surface area contributed by atoms with Crippen molar-refractivity contribution >= 4 is 54.7 Å². The molecule has 0 bridgehead atoms. The lowest BCUT2D eigenvalue weighted by molar-refractivity contribution is -0.240. The molecule has 0 aliphatic carbocycles. The van der Waals surface area contributed by atoms with Gasteiger partial charge in [-0.3, -0.25) is 9.59 Å². The summed E-state index contributed by atoms with van der Waals surface area (Å²) in [6, 6.07) is 17.4. The van der Waals surface area contributed by atoms with Crippen LogP contribution in [0.4, 0.5) is 4.39 Å². The number of para-hydroxylation sites is 1. The standard InChI is InChI=1S/C28H22Br2FNO5/c1-28(2)36-26(33)24(27(34)37-28)23(19-13-32-22-6-4-3-5-18(19)22)16-11-20(29)25(21(30)12-16)35-14-15-7-9-17(31)10-8-15/h3-13,23-24,32H,14H2,1-2H3/t23-/m0/s1. The number of hydrogen-bond donors (Lipinski definition) is 1. The summed E-state index contributed by atoms with van der Waals surface area (Å²) >= 11 is 7.16. The maximum absolute atomic E-state index is 13.2. The zero-order chi connectivity index (χ0) is 26.3. The fraction of sp³-hybridized carbons (Fsp3) is 0.214. The van der Waals surface area contributed by atoms with Crippen molar-refractivity contribution in [3.8, 4) is 5.75 Å². The molecule has 1 saturated heterocycles. The van der Waals surface area contributed by atoms with E-state index >= 15 is 0 Å². The molecule has 1 fully saturated rings. The molecule has 0 saturated carbocycles. The second-order valence-electron chi connectivity index (χ2n) is 9.22. The van der Waals surface area contributed by atoms with Gasteiger partial charge in [0, 0.05) is 36.9 Å². The third-order valence-corrected chi connectivity index (χ3v) is 7.34. The van der Waals surface area contributed by atoms with E-state index in [1.54, 1.807) is 18.3 Å². The van der Waals surface area contributed by atoms with E-state index in [1.165, 1.54) is 26.0 Å². The molecule has 0 amide bonds. The van der Waals surface area contributed by atoms with Crippen LogP contribution in [-0.4, -0.2) is 22.7 Å². The molecule has 1 aliphatic heterocycles. The highest BCUT2D eigenvalue weighted by Gasteiger charge is 2.48. The van der Waals surface area contributed by atoms with Crippen LogP contribution in [0.2, 0.25) is 0 Å². The molecule has 2 heterocycles. The van der Waals surface area contributed by atoms with Crippen molar-refractivity contribution in [2.75, 3.05) is 0 Å². The number of halogens is 3. The Morgan fingerprint density at radius 1 is 1.00 bits per heavy atom. The lowest BCUT2D eigenvalue weighted by Gasteiger charge is -2.36. The number of rotatable bonds is 6. The summed E-state index contributed by atoms with van der Waals surface area (Å²) in [7, 11) is 0. The molecule has 0 spiro atoms. The van der Waals surface area contributed by atoms with Gasteiger partial charge < -0.3 is 19.2 Å². The van der Waals surface area contributed by atoms with Crippen LogP contribution in [0.3, 0.4) is 0 Å². The maximum Gasteiger partial charge on any atom is 0.324 e. The minimum Gasteiger partial charge on any atom is -0.487 e. The van der Waals surface area contributed by atoms with E-state index in [9.17, 15) is 14.0 Å². The number of hydrogen-bond acceptors (Lipinski definition) is 5. The number of H-pyrrole nitrogens is 1. The number of benzene rings is 3. The van der Waals surface area contributed by atoms with Gasteiger partial charge in [0.05, 0.1) is 8.95 Å². The van der Waals surface area contributed by atoms with Crippen molar-refractivity contribution in [3.05, 3.63) is 98.3 Å². The van der Waals surface area contributed by atoms with Gasteiger partial charge in [-0.1, -0.05) is 30.3 Å². The number of nitrogens with one attached hydrogen (secondary N) is 1. The minimum absolute atomic E-state index is 0.221. The Balaban J connectivity index is 1.56. The van der Waals surface area contributed by atoms with E-state index in [2.05, 4.69) is 36.8 Å². The van der Waals surface area contributed by atoms with Crippen molar-refractivity contribution in [1.29, 1.82) is 0 Å². The molecule has 0 radical (unpaired) electrons. The third-order valence-electron chi connectivity index (χ3n) is 6.17. The van der Waals surface area contributed by atoms with Crippen LogP contribution >= 0.6 is 31.9 Å². The minimum atomic E-state index is -1.34. The van der Waals surface area contributed by atoms with E-state index in [1.807, 2.05) is 36.4 Å². The van der Waals surface area contributed by atoms with Crippen LogP contribution < -0.4 is 4.74 Å². The first-order valence-corrected chi connectivity index (χ1v) is 13.1. The van der Waals surface area contributed by atoms with Gasteiger partial charge in [0.25, 0.3) is 5.79 Å². The van der Waals surface area contributed by atoms with E-state index in [0.29, 0.717) is 20.3 Å². The summed E-state index contributed by atoms with van der Waals surface area (Å²) in [5.74, 6) is -4.35. The number of cyclic esters (lactones) is 2. The fourth-order valence-corrected chi connectivity index (χ4v) is 5.99. The molecule has 3 aromatic carbocycles. The van der Waals surface area contributed by atoms with Crippen molar-refractivity contribution in [3.63, 3.8) is 0 Å². The van der Waals surface area contributed by atoms with E-state index in [0.717, 1.165) is 22.0 Å². The first kappa shape index (κ1) is 25.5. The molecule has 1 aromatic heterocycles. The normalized spacial score (nSPS) is 16.4. The molecular weight excluding hydrogens is 609 g/mol. The summed E-state index contributed by atoms with van der Waals surface area (Å²) in [4.78, 5) is 29.6. The van der Waals surface area contributed by atoms with Crippen molar-refractivity contribution < 1.29 is 28.2 Å². The van der Waals surface area contributed by atoms with E-state index < -0.39 is 29.6 Å². The summed E-state index contributed by atoms with van der Waals surface area (Å²) in [5, 5.41) is 0.877. The fourth-order valence-electron chi connectivity index (χ4n) is 4.54. The van der Waals surface area contributed by atoms with Crippen molar-refractivity contribution in [2.45, 2.75) is 32.2 Å². The molecule has 4 aromatic rings. The SMILES string of the molecule is CC1(C)OC(=O)C([C@@H](c2cc(Br)c(OCc3ccc(F)cc3)c(Br)c2)c2c[nH]c3ccccc23)C(=O)O1. The van der Waals surface area contributed by atoms with E-state index in [4.69, 9.17) is 14.2 Å². The highest BCUT2D eigenvalue weighted by atomic mass is 79.9. The number of ether oxygens (including phenoxy) is 3.